The van der Waals surface area contributed by atoms with Crippen LogP contribution in [-0.4, -0.2) is 50.6 Å². The Morgan fingerprint density at radius 2 is 2.04 bits per heavy atom. The average Bonchev–Trinajstić information content (AvgIpc) is 3.03. The van der Waals surface area contributed by atoms with E-state index in [1.165, 1.54) is 4.90 Å². The van der Waals surface area contributed by atoms with Gasteiger partial charge in [0.15, 0.2) is 0 Å². The van der Waals surface area contributed by atoms with Crippen LogP contribution in [0.3, 0.4) is 0 Å². The molecule has 1 aromatic carbocycles. The third-order valence-corrected chi connectivity index (χ3v) is 3.32. The number of hydrogen-bond acceptors (Lipinski definition) is 4. The lowest BCUT2D eigenvalue weighted by Gasteiger charge is -2.19. The van der Waals surface area contributed by atoms with E-state index in [-0.39, 0.29) is 25.0 Å². The van der Waals surface area contributed by atoms with E-state index in [0.717, 1.165) is 5.69 Å². The minimum atomic E-state index is -0.941. The maximum absolute atomic E-state index is 12.0. The molecule has 0 aliphatic heterocycles. The van der Waals surface area contributed by atoms with Crippen molar-refractivity contribution in [3.05, 3.63) is 42.2 Å². The second-order valence-corrected chi connectivity index (χ2v) is 5.16. The Morgan fingerprint density at radius 1 is 1.35 bits per heavy atom. The van der Waals surface area contributed by atoms with Gasteiger partial charge in [-0.25, -0.2) is 9.48 Å². The van der Waals surface area contributed by atoms with E-state index >= 15 is 0 Å². The molecular weight excluding hydrogens is 298 g/mol. The smallest absolute Gasteiger partial charge is 0.317 e. The number of amides is 2. The highest BCUT2D eigenvalue weighted by atomic mass is 16.4. The van der Waals surface area contributed by atoms with Gasteiger partial charge in [-0.1, -0.05) is 23.4 Å². The highest BCUT2D eigenvalue weighted by molar-refractivity contribution is 5.75. The van der Waals surface area contributed by atoms with Crippen LogP contribution in [0.25, 0.3) is 5.69 Å². The number of carboxylic acid groups (broad SMARTS) is 1. The second-order valence-electron chi connectivity index (χ2n) is 5.16. The van der Waals surface area contributed by atoms with E-state index in [2.05, 4.69) is 15.6 Å². The van der Waals surface area contributed by atoms with Crippen LogP contribution in [-0.2, 0) is 4.79 Å². The molecule has 2 rings (SSSR count). The van der Waals surface area contributed by atoms with Crippen molar-refractivity contribution in [2.45, 2.75) is 19.4 Å². The summed E-state index contributed by atoms with van der Waals surface area (Å²) in [7, 11) is 1.55. The van der Waals surface area contributed by atoms with Gasteiger partial charge < -0.3 is 15.3 Å². The molecule has 1 aromatic heterocycles. The number of carbonyl (C=O) groups is 2. The first-order valence-corrected chi connectivity index (χ1v) is 7.18. The van der Waals surface area contributed by atoms with E-state index in [9.17, 15) is 9.59 Å². The molecule has 0 saturated heterocycles. The van der Waals surface area contributed by atoms with Crippen LogP contribution in [0.15, 0.2) is 36.5 Å². The van der Waals surface area contributed by atoms with E-state index in [1.807, 2.05) is 30.3 Å². The molecule has 2 amide bonds. The quantitative estimate of drug-likeness (QED) is 0.839. The summed E-state index contributed by atoms with van der Waals surface area (Å²) < 4.78 is 1.63. The molecule has 0 aliphatic carbocycles. The molecule has 23 heavy (non-hydrogen) atoms. The van der Waals surface area contributed by atoms with Gasteiger partial charge in [0.25, 0.3) is 0 Å². The number of nitrogens with one attached hydrogen (secondary N) is 1. The van der Waals surface area contributed by atoms with Crippen LogP contribution < -0.4 is 5.32 Å². The Labute approximate surface area is 133 Å². The number of nitrogens with zero attached hydrogens (tertiary/aromatic N) is 4. The number of para-hydroxylation sites is 1. The molecule has 1 atom stereocenters. The Kier molecular flexibility index (Phi) is 5.29. The fourth-order valence-corrected chi connectivity index (χ4v) is 1.92. The predicted octanol–water partition coefficient (Wildman–Crippen LogP) is 1.44. The standard InChI is InChI=1S/C15H19N5O3/c1-11(16-15(23)19(2)9-8-14(21)22)13-10-20(18-17-13)12-6-4-3-5-7-12/h3-7,10-11H,8-9H2,1-2H3,(H,16,23)(H,21,22). The van der Waals surface area contributed by atoms with Crippen LogP contribution in [0.5, 0.6) is 0 Å². The average molecular weight is 317 g/mol. The fraction of sp³-hybridized carbons (Fsp3) is 0.333. The van der Waals surface area contributed by atoms with Crippen molar-refractivity contribution in [2.75, 3.05) is 13.6 Å². The summed E-state index contributed by atoms with van der Waals surface area (Å²) in [6, 6.07) is 8.83. The first-order chi connectivity index (χ1) is 11.0. The minimum Gasteiger partial charge on any atom is -0.481 e. The van der Waals surface area contributed by atoms with Crippen molar-refractivity contribution >= 4 is 12.0 Å². The summed E-state index contributed by atoms with van der Waals surface area (Å²) in [6.45, 7) is 1.94. The number of rotatable bonds is 6. The summed E-state index contributed by atoms with van der Waals surface area (Å²) in [5.41, 5.74) is 1.50. The molecule has 1 heterocycles. The lowest BCUT2D eigenvalue weighted by atomic mass is 10.2. The molecule has 2 N–H and O–H groups in total. The van der Waals surface area contributed by atoms with Crippen LogP contribution >= 0.6 is 0 Å². The van der Waals surface area contributed by atoms with E-state index in [0.29, 0.717) is 5.69 Å². The van der Waals surface area contributed by atoms with E-state index < -0.39 is 5.97 Å². The van der Waals surface area contributed by atoms with Gasteiger partial charge in [-0.15, -0.1) is 5.10 Å². The molecule has 0 fully saturated rings. The van der Waals surface area contributed by atoms with Gasteiger partial charge in [-0.05, 0) is 19.1 Å². The van der Waals surface area contributed by atoms with Crippen LogP contribution in [0.1, 0.15) is 25.1 Å². The zero-order valence-electron chi connectivity index (χ0n) is 13.0. The number of aromatic nitrogens is 3. The van der Waals surface area contributed by atoms with Crippen LogP contribution in [0.4, 0.5) is 4.79 Å². The highest BCUT2D eigenvalue weighted by Gasteiger charge is 2.16. The normalized spacial score (nSPS) is 11.7. The van der Waals surface area contributed by atoms with E-state index in [4.69, 9.17) is 5.11 Å². The largest absolute Gasteiger partial charge is 0.481 e. The molecule has 8 nitrogen and oxygen atoms in total. The van der Waals surface area contributed by atoms with Crippen molar-refractivity contribution < 1.29 is 14.7 Å². The third-order valence-electron chi connectivity index (χ3n) is 3.32. The number of urea groups is 1. The van der Waals surface area contributed by atoms with Gasteiger partial charge in [-0.2, -0.15) is 0 Å². The SMILES string of the molecule is CC(NC(=O)N(C)CCC(=O)O)c1cn(-c2ccccc2)nn1. The maximum Gasteiger partial charge on any atom is 0.317 e. The Morgan fingerprint density at radius 3 is 2.70 bits per heavy atom. The van der Waals surface area contributed by atoms with Crippen LogP contribution in [0, 0.1) is 0 Å². The predicted molar refractivity (Wildman–Crippen MR) is 83.2 cm³/mol. The Bertz CT molecular complexity index is 671. The molecule has 0 radical (unpaired) electrons. The van der Waals surface area contributed by atoms with Crippen molar-refractivity contribution in [3.63, 3.8) is 0 Å². The Hall–Kier alpha value is -2.90. The molecule has 122 valence electrons. The highest BCUT2D eigenvalue weighted by Crippen LogP contribution is 2.12. The Balaban J connectivity index is 1.96. The van der Waals surface area contributed by atoms with E-state index in [1.54, 1.807) is 24.9 Å². The molecule has 2 aromatic rings. The number of hydrogen-bond donors (Lipinski definition) is 2. The number of benzene rings is 1. The summed E-state index contributed by atoms with van der Waals surface area (Å²) in [6.07, 6.45) is 1.65. The first-order valence-electron chi connectivity index (χ1n) is 7.18. The lowest BCUT2D eigenvalue weighted by Crippen LogP contribution is -2.39. The van der Waals surface area contributed by atoms with Crippen molar-refractivity contribution in [1.29, 1.82) is 0 Å². The third kappa shape index (κ3) is 4.53. The van der Waals surface area contributed by atoms with Gasteiger partial charge in [0.05, 0.1) is 24.3 Å². The maximum atomic E-state index is 12.0. The van der Waals surface area contributed by atoms with Gasteiger partial charge in [0.1, 0.15) is 5.69 Å². The minimum absolute atomic E-state index is 0.0948. The van der Waals surface area contributed by atoms with Gasteiger partial charge in [-0.3, -0.25) is 4.79 Å². The molecule has 0 aliphatic rings. The summed E-state index contributed by atoms with van der Waals surface area (Å²) in [4.78, 5) is 23.8. The molecule has 1 unspecified atom stereocenters. The topological polar surface area (TPSA) is 100 Å². The summed E-state index contributed by atoms with van der Waals surface area (Å²) >= 11 is 0. The molecule has 0 saturated carbocycles. The summed E-state index contributed by atoms with van der Waals surface area (Å²) in [5.74, 6) is -0.941. The van der Waals surface area contributed by atoms with Crippen molar-refractivity contribution in [2.24, 2.45) is 0 Å². The lowest BCUT2D eigenvalue weighted by molar-refractivity contribution is -0.137. The van der Waals surface area contributed by atoms with Crippen molar-refractivity contribution in [1.82, 2.24) is 25.2 Å². The molecule has 0 bridgehead atoms. The number of carboxylic acids is 1. The molecular formula is C15H19N5O3. The second kappa shape index (κ2) is 7.39. The van der Waals surface area contributed by atoms with Gasteiger partial charge in [0, 0.05) is 13.6 Å². The number of aliphatic carboxylic acids is 1. The summed E-state index contributed by atoms with van der Waals surface area (Å²) in [5, 5.41) is 19.5. The fourth-order valence-electron chi connectivity index (χ4n) is 1.92. The zero-order chi connectivity index (χ0) is 16.8. The number of carbonyl (C=O) groups excluding carboxylic acids is 1. The van der Waals surface area contributed by atoms with Crippen LogP contribution in [0.2, 0.25) is 0 Å². The first kappa shape index (κ1) is 16.5. The van der Waals surface area contributed by atoms with Gasteiger partial charge >= 0.3 is 12.0 Å². The molecule has 8 heteroatoms. The monoisotopic (exact) mass is 317 g/mol. The van der Waals surface area contributed by atoms with Crippen molar-refractivity contribution in [3.8, 4) is 5.69 Å². The molecule has 0 spiro atoms. The zero-order valence-corrected chi connectivity index (χ0v) is 13.0. The van der Waals surface area contributed by atoms with Gasteiger partial charge in [0.2, 0.25) is 0 Å².